The van der Waals surface area contributed by atoms with Gasteiger partial charge in [-0.15, -0.1) is 20.4 Å². The maximum Gasteiger partial charge on any atom is 0.248 e. The van der Waals surface area contributed by atoms with Crippen molar-refractivity contribution in [3.8, 4) is 22.9 Å². The first-order valence-electron chi connectivity index (χ1n) is 14.4. The van der Waals surface area contributed by atoms with Crippen molar-refractivity contribution in [1.82, 2.24) is 20.4 Å². The lowest BCUT2D eigenvalue weighted by molar-refractivity contribution is 0.426. The summed E-state index contributed by atoms with van der Waals surface area (Å²) in [5.41, 5.74) is 5.68. The van der Waals surface area contributed by atoms with Crippen LogP contribution in [0.25, 0.3) is 28.5 Å². The zero-order chi connectivity index (χ0) is 29.5. The standard InChI is InChI=1S/C36H36N4O2/c1-34(2,3)27-18-14-24(15-19-27)30-37-38-32(41-30)26-11-10-22-36(23-26,29-12-8-7-9-13-29)33-40-39-31(42-33)25-16-20-28(21-17-25)35(4,5)6/h7-22H,23H2,1-6H3. The largest absolute Gasteiger partial charge is 0.419 e. The fraction of sp³-hybridized carbons (Fsp3) is 0.278. The smallest absolute Gasteiger partial charge is 0.248 e. The second kappa shape index (κ2) is 10.4. The molecule has 6 heteroatoms. The molecule has 2 aromatic heterocycles. The summed E-state index contributed by atoms with van der Waals surface area (Å²) in [5.74, 6) is 1.98. The molecule has 0 bridgehead atoms. The van der Waals surface area contributed by atoms with Crippen molar-refractivity contribution in [2.24, 2.45) is 0 Å². The van der Waals surface area contributed by atoms with Crippen LogP contribution in [0.3, 0.4) is 0 Å². The van der Waals surface area contributed by atoms with Crippen LogP contribution in [-0.4, -0.2) is 20.4 Å². The van der Waals surface area contributed by atoms with Gasteiger partial charge in [0.2, 0.25) is 23.6 Å². The molecule has 6 rings (SSSR count). The molecule has 0 N–H and O–H groups in total. The lowest BCUT2D eigenvalue weighted by atomic mass is 9.72. The number of benzene rings is 3. The Balaban J connectivity index is 1.33. The van der Waals surface area contributed by atoms with Gasteiger partial charge in [0.15, 0.2) is 0 Å². The van der Waals surface area contributed by atoms with Gasteiger partial charge in [0.1, 0.15) is 0 Å². The first-order valence-corrected chi connectivity index (χ1v) is 14.4. The second-order valence-electron chi connectivity index (χ2n) is 13.0. The maximum absolute atomic E-state index is 6.42. The van der Waals surface area contributed by atoms with Crippen molar-refractivity contribution in [2.75, 3.05) is 0 Å². The molecule has 0 fully saturated rings. The molecule has 1 atom stereocenters. The van der Waals surface area contributed by atoms with Crippen LogP contribution in [0.15, 0.2) is 106 Å². The van der Waals surface area contributed by atoms with Gasteiger partial charge in [-0.25, -0.2) is 0 Å². The van der Waals surface area contributed by atoms with Crippen molar-refractivity contribution < 1.29 is 8.83 Å². The highest BCUT2D eigenvalue weighted by Crippen LogP contribution is 2.44. The van der Waals surface area contributed by atoms with Gasteiger partial charge in [-0.2, -0.15) is 0 Å². The van der Waals surface area contributed by atoms with Gasteiger partial charge in [-0.1, -0.05) is 114 Å². The second-order valence-corrected chi connectivity index (χ2v) is 13.0. The van der Waals surface area contributed by atoms with Crippen molar-refractivity contribution >= 4 is 5.57 Å². The molecule has 1 unspecified atom stereocenters. The first kappa shape index (κ1) is 27.6. The van der Waals surface area contributed by atoms with E-state index in [1.807, 2.05) is 54.6 Å². The highest BCUT2D eigenvalue weighted by molar-refractivity contribution is 5.68. The quantitative estimate of drug-likeness (QED) is 0.215. The first-order chi connectivity index (χ1) is 20.0. The van der Waals surface area contributed by atoms with E-state index in [1.54, 1.807) is 0 Å². The van der Waals surface area contributed by atoms with Gasteiger partial charge in [0, 0.05) is 16.7 Å². The maximum atomic E-state index is 6.42. The predicted molar refractivity (Wildman–Crippen MR) is 166 cm³/mol. The summed E-state index contributed by atoms with van der Waals surface area (Å²) in [6.07, 6.45) is 6.68. The third kappa shape index (κ3) is 5.25. The fourth-order valence-electron chi connectivity index (χ4n) is 5.31. The van der Waals surface area contributed by atoms with Crippen LogP contribution in [0, 0.1) is 0 Å². The molecule has 42 heavy (non-hydrogen) atoms. The molecule has 0 spiro atoms. The van der Waals surface area contributed by atoms with Gasteiger partial charge < -0.3 is 8.83 Å². The average Bonchev–Trinajstić information content (AvgIpc) is 3.68. The summed E-state index contributed by atoms with van der Waals surface area (Å²) >= 11 is 0. The van der Waals surface area contributed by atoms with E-state index in [0.29, 0.717) is 30.0 Å². The van der Waals surface area contributed by atoms with Crippen molar-refractivity contribution in [2.45, 2.75) is 64.2 Å². The highest BCUT2D eigenvalue weighted by atomic mass is 16.4. The fourth-order valence-corrected chi connectivity index (χ4v) is 5.31. The molecule has 5 aromatic rings. The Morgan fingerprint density at radius 1 is 0.595 bits per heavy atom. The minimum Gasteiger partial charge on any atom is -0.419 e. The summed E-state index contributed by atoms with van der Waals surface area (Å²) in [5, 5.41) is 17.9. The third-order valence-electron chi connectivity index (χ3n) is 7.94. The monoisotopic (exact) mass is 556 g/mol. The van der Waals surface area contributed by atoms with Crippen LogP contribution in [0.1, 0.15) is 76.4 Å². The van der Waals surface area contributed by atoms with Crippen molar-refractivity contribution in [3.63, 3.8) is 0 Å². The van der Waals surface area contributed by atoms with Gasteiger partial charge in [-0.3, -0.25) is 0 Å². The number of hydrogen-bond acceptors (Lipinski definition) is 6. The van der Waals surface area contributed by atoms with E-state index in [1.165, 1.54) is 11.1 Å². The normalized spacial score (nSPS) is 17.3. The zero-order valence-electron chi connectivity index (χ0n) is 25.1. The Hall–Kier alpha value is -4.58. The topological polar surface area (TPSA) is 77.8 Å². The molecule has 1 aliphatic rings. The van der Waals surface area contributed by atoms with Gasteiger partial charge in [0.25, 0.3) is 0 Å². The van der Waals surface area contributed by atoms with Crippen molar-refractivity contribution in [1.29, 1.82) is 0 Å². The Bertz CT molecular complexity index is 1750. The average molecular weight is 557 g/mol. The van der Waals surface area contributed by atoms with E-state index in [-0.39, 0.29) is 10.8 Å². The van der Waals surface area contributed by atoms with E-state index in [4.69, 9.17) is 8.83 Å². The van der Waals surface area contributed by atoms with Crippen LogP contribution in [-0.2, 0) is 16.2 Å². The van der Waals surface area contributed by atoms with Crippen LogP contribution < -0.4 is 0 Å². The molecule has 0 saturated heterocycles. The lowest BCUT2D eigenvalue weighted by Gasteiger charge is -2.30. The van der Waals surface area contributed by atoms with Crippen LogP contribution in [0.2, 0.25) is 0 Å². The number of hydrogen-bond donors (Lipinski definition) is 0. The van der Waals surface area contributed by atoms with Crippen LogP contribution in [0.4, 0.5) is 0 Å². The van der Waals surface area contributed by atoms with Crippen molar-refractivity contribution in [3.05, 3.63) is 126 Å². The van der Waals surface area contributed by atoms with Gasteiger partial charge in [-0.05, 0) is 58.2 Å². The molecule has 6 nitrogen and oxygen atoms in total. The minimum atomic E-state index is -0.690. The highest BCUT2D eigenvalue weighted by Gasteiger charge is 2.41. The molecule has 2 heterocycles. The molecular weight excluding hydrogens is 520 g/mol. The molecule has 3 aromatic carbocycles. The predicted octanol–water partition coefficient (Wildman–Crippen LogP) is 8.71. The molecule has 0 amide bonds. The summed E-state index contributed by atoms with van der Waals surface area (Å²) in [4.78, 5) is 0. The Kier molecular flexibility index (Phi) is 6.80. The Labute approximate surface area is 247 Å². The number of allylic oxidation sites excluding steroid dienone is 4. The molecule has 0 aliphatic heterocycles. The Morgan fingerprint density at radius 3 is 1.69 bits per heavy atom. The SMILES string of the molecule is CC(C)(C)c1ccc(-c2nnc(C3=CC=CC(c4ccccc4)(c4nnc(-c5ccc(C(C)(C)C)cc5)o4)C3)o2)cc1. The molecule has 1 aliphatic carbocycles. The third-order valence-corrected chi connectivity index (χ3v) is 7.94. The van der Waals surface area contributed by atoms with E-state index in [9.17, 15) is 0 Å². The van der Waals surface area contributed by atoms with Gasteiger partial charge in [0.05, 0.1) is 5.41 Å². The van der Waals surface area contributed by atoms with Crippen LogP contribution in [0.5, 0.6) is 0 Å². The summed E-state index contributed by atoms with van der Waals surface area (Å²) in [7, 11) is 0. The molecule has 0 radical (unpaired) electrons. The van der Waals surface area contributed by atoms with Gasteiger partial charge >= 0.3 is 0 Å². The molecule has 0 saturated carbocycles. The van der Waals surface area contributed by atoms with E-state index >= 15 is 0 Å². The molecule has 212 valence electrons. The lowest BCUT2D eigenvalue weighted by Crippen LogP contribution is -2.28. The number of aromatic nitrogens is 4. The summed E-state index contributed by atoms with van der Waals surface area (Å²) in [6, 6.07) is 26.9. The van der Waals surface area contributed by atoms with E-state index in [0.717, 1.165) is 22.3 Å². The Morgan fingerprint density at radius 2 is 1.12 bits per heavy atom. The number of nitrogens with zero attached hydrogens (tertiary/aromatic N) is 4. The van der Waals surface area contributed by atoms with E-state index in [2.05, 4.69) is 104 Å². The minimum absolute atomic E-state index is 0.0655. The summed E-state index contributed by atoms with van der Waals surface area (Å²) < 4.78 is 12.6. The van der Waals surface area contributed by atoms with E-state index < -0.39 is 5.41 Å². The summed E-state index contributed by atoms with van der Waals surface area (Å²) in [6.45, 7) is 13.2. The number of rotatable bonds is 5. The molecular formula is C36H36N4O2. The zero-order valence-corrected chi connectivity index (χ0v) is 25.1. The van der Waals surface area contributed by atoms with Crippen LogP contribution >= 0.6 is 0 Å².